The number of rotatable bonds is 5. The maximum absolute atomic E-state index is 12.5. The lowest BCUT2D eigenvalue weighted by Gasteiger charge is -2.11. The Hall–Kier alpha value is -2.37. The van der Waals surface area contributed by atoms with Gasteiger partial charge in [-0.15, -0.1) is 11.3 Å². The topological polar surface area (TPSA) is 109 Å². The minimum absolute atomic E-state index is 0.102. The highest BCUT2D eigenvalue weighted by molar-refractivity contribution is 8.00. The number of aryl methyl sites for hydroxylation is 2. The van der Waals surface area contributed by atoms with Crippen molar-refractivity contribution < 1.29 is 9.59 Å². The number of hydrogen-bond acceptors (Lipinski definition) is 6. The Morgan fingerprint density at radius 1 is 1.25 bits per heavy atom. The van der Waals surface area contributed by atoms with Gasteiger partial charge in [0.15, 0.2) is 0 Å². The van der Waals surface area contributed by atoms with E-state index in [1.165, 1.54) is 23.1 Å². The molecule has 8 heteroatoms. The van der Waals surface area contributed by atoms with E-state index in [2.05, 4.69) is 16.4 Å². The third kappa shape index (κ3) is 3.91. The van der Waals surface area contributed by atoms with Crippen molar-refractivity contribution in [1.29, 1.82) is 5.26 Å². The van der Waals surface area contributed by atoms with E-state index in [-0.39, 0.29) is 11.7 Å². The number of thiophene rings is 1. The number of nitrogens with two attached hydrogens (primary N) is 1. The van der Waals surface area contributed by atoms with Crippen LogP contribution in [0, 0.1) is 32.1 Å². The van der Waals surface area contributed by atoms with E-state index in [1.807, 2.05) is 20.8 Å². The lowest BCUT2D eigenvalue weighted by Crippen LogP contribution is -2.19. The monoisotopic (exact) mass is 414 g/mol. The highest BCUT2D eigenvalue weighted by atomic mass is 32.2. The minimum Gasteiger partial charge on any atom is -0.365 e. The fourth-order valence-corrected chi connectivity index (χ4v) is 5.55. The van der Waals surface area contributed by atoms with Crippen LogP contribution in [0.15, 0.2) is 5.03 Å². The number of carbonyl (C=O) groups is 2. The first-order valence-corrected chi connectivity index (χ1v) is 10.9. The molecule has 0 bridgehead atoms. The lowest BCUT2D eigenvalue weighted by molar-refractivity contribution is -0.113. The van der Waals surface area contributed by atoms with Gasteiger partial charge < -0.3 is 11.1 Å². The summed E-state index contributed by atoms with van der Waals surface area (Å²) in [4.78, 5) is 30.1. The molecule has 0 fully saturated rings. The van der Waals surface area contributed by atoms with Crippen LogP contribution < -0.4 is 11.1 Å². The summed E-state index contributed by atoms with van der Waals surface area (Å²) in [5.74, 6) is -0.641. The SMILES string of the molecule is Cc1nc(SCC(=O)Nc2sc3c(c2C(N)=O)CCCC3)c(C#N)c(C)c1C. The van der Waals surface area contributed by atoms with E-state index in [4.69, 9.17) is 5.73 Å². The van der Waals surface area contributed by atoms with Gasteiger partial charge in [0.1, 0.15) is 16.1 Å². The fourth-order valence-electron chi connectivity index (χ4n) is 3.36. The first-order valence-electron chi connectivity index (χ1n) is 9.08. The van der Waals surface area contributed by atoms with E-state index in [1.54, 1.807) is 0 Å². The lowest BCUT2D eigenvalue weighted by atomic mass is 9.95. The second-order valence-corrected chi connectivity index (χ2v) is 8.92. The van der Waals surface area contributed by atoms with Crippen molar-refractivity contribution >= 4 is 39.9 Å². The standard InChI is InChI=1S/C20H22N4O2S2/c1-10-11(2)14(8-21)19(23-12(10)3)27-9-16(25)24-20-17(18(22)26)13-6-4-5-7-15(13)28-20/h4-7,9H2,1-3H3,(H2,22,26)(H,24,25). The third-order valence-electron chi connectivity index (χ3n) is 5.09. The molecule has 0 radical (unpaired) electrons. The Kier molecular flexibility index (Phi) is 6.06. The fraction of sp³-hybridized carbons (Fsp3) is 0.400. The molecule has 1 aliphatic rings. The van der Waals surface area contributed by atoms with Gasteiger partial charge in [0, 0.05) is 10.6 Å². The highest BCUT2D eigenvalue weighted by Crippen LogP contribution is 2.38. The van der Waals surface area contributed by atoms with Gasteiger partial charge in [-0.3, -0.25) is 9.59 Å². The number of nitrogens with one attached hydrogen (secondary N) is 1. The molecule has 0 aromatic carbocycles. The van der Waals surface area contributed by atoms with Crippen molar-refractivity contribution in [1.82, 2.24) is 4.98 Å². The van der Waals surface area contributed by atoms with Gasteiger partial charge in [-0.25, -0.2) is 4.98 Å². The van der Waals surface area contributed by atoms with E-state index in [0.717, 1.165) is 52.9 Å². The van der Waals surface area contributed by atoms with Crippen LogP contribution in [0.3, 0.4) is 0 Å². The summed E-state index contributed by atoms with van der Waals surface area (Å²) in [7, 11) is 0. The Labute approximate surface area is 172 Å². The number of nitrogens with zero attached hydrogens (tertiary/aromatic N) is 2. The highest BCUT2D eigenvalue weighted by Gasteiger charge is 2.25. The number of pyridine rings is 1. The summed E-state index contributed by atoms with van der Waals surface area (Å²) in [6.45, 7) is 5.72. The van der Waals surface area contributed by atoms with Crippen molar-refractivity contribution in [3.63, 3.8) is 0 Å². The van der Waals surface area contributed by atoms with Gasteiger partial charge in [-0.05, 0) is 63.1 Å². The molecule has 3 N–H and O–H groups in total. The van der Waals surface area contributed by atoms with E-state index in [0.29, 0.717) is 21.2 Å². The van der Waals surface area contributed by atoms with E-state index >= 15 is 0 Å². The Morgan fingerprint density at radius 2 is 1.96 bits per heavy atom. The summed E-state index contributed by atoms with van der Waals surface area (Å²) in [6.07, 6.45) is 3.86. The zero-order valence-electron chi connectivity index (χ0n) is 16.1. The smallest absolute Gasteiger partial charge is 0.251 e. The van der Waals surface area contributed by atoms with Crippen LogP contribution in [-0.4, -0.2) is 22.6 Å². The van der Waals surface area contributed by atoms with Crippen molar-refractivity contribution in [2.24, 2.45) is 5.73 Å². The first-order chi connectivity index (χ1) is 13.3. The van der Waals surface area contributed by atoms with Crippen LogP contribution in [0.1, 0.15) is 56.0 Å². The number of carbonyl (C=O) groups excluding carboxylic acids is 2. The Morgan fingerprint density at radius 3 is 2.64 bits per heavy atom. The molecule has 0 saturated heterocycles. The maximum Gasteiger partial charge on any atom is 0.251 e. The average Bonchev–Trinajstić information content (AvgIpc) is 3.02. The van der Waals surface area contributed by atoms with Crippen molar-refractivity contribution in [3.8, 4) is 6.07 Å². The summed E-state index contributed by atoms with van der Waals surface area (Å²) in [5.41, 5.74) is 10.2. The van der Waals surface area contributed by atoms with Crippen LogP contribution in [0.2, 0.25) is 0 Å². The summed E-state index contributed by atoms with van der Waals surface area (Å²) in [5, 5.41) is 13.4. The third-order valence-corrected chi connectivity index (χ3v) is 7.27. The summed E-state index contributed by atoms with van der Waals surface area (Å²) in [6, 6.07) is 2.19. The summed E-state index contributed by atoms with van der Waals surface area (Å²) >= 11 is 2.67. The van der Waals surface area contributed by atoms with Crippen molar-refractivity contribution in [2.45, 2.75) is 51.5 Å². The van der Waals surface area contributed by atoms with Gasteiger partial charge in [0.2, 0.25) is 5.91 Å². The van der Waals surface area contributed by atoms with Gasteiger partial charge in [0.05, 0.1) is 16.9 Å². The number of hydrogen-bond donors (Lipinski definition) is 2. The van der Waals surface area contributed by atoms with Crippen molar-refractivity contribution in [2.75, 3.05) is 11.1 Å². The van der Waals surface area contributed by atoms with Crippen LogP contribution in [-0.2, 0) is 17.6 Å². The van der Waals surface area contributed by atoms with Gasteiger partial charge >= 0.3 is 0 Å². The number of anilines is 1. The normalized spacial score (nSPS) is 12.9. The molecule has 28 heavy (non-hydrogen) atoms. The predicted molar refractivity (Wildman–Crippen MR) is 112 cm³/mol. The Balaban J connectivity index is 1.77. The molecule has 2 heterocycles. The molecule has 1 aliphatic carbocycles. The Bertz CT molecular complexity index is 1000. The van der Waals surface area contributed by atoms with Gasteiger partial charge in [-0.2, -0.15) is 5.26 Å². The number of fused-ring (bicyclic) bond motifs is 1. The van der Waals surface area contributed by atoms with Gasteiger partial charge in [0.25, 0.3) is 5.91 Å². The number of amides is 2. The number of primary amides is 1. The molecule has 6 nitrogen and oxygen atoms in total. The van der Waals surface area contributed by atoms with Crippen LogP contribution >= 0.6 is 23.1 Å². The first kappa shape index (κ1) is 20.4. The summed E-state index contributed by atoms with van der Waals surface area (Å²) < 4.78 is 0. The number of aromatic nitrogens is 1. The molecule has 146 valence electrons. The minimum atomic E-state index is -0.499. The molecular formula is C20H22N4O2S2. The molecular weight excluding hydrogens is 392 g/mol. The zero-order chi connectivity index (χ0) is 20.4. The second kappa shape index (κ2) is 8.33. The molecule has 0 spiro atoms. The van der Waals surface area contributed by atoms with Crippen LogP contribution in [0.5, 0.6) is 0 Å². The molecule has 0 unspecified atom stereocenters. The second-order valence-electron chi connectivity index (χ2n) is 6.86. The largest absolute Gasteiger partial charge is 0.365 e. The predicted octanol–water partition coefficient (Wildman–Crippen LogP) is 3.65. The zero-order valence-corrected chi connectivity index (χ0v) is 17.8. The quantitative estimate of drug-likeness (QED) is 0.726. The van der Waals surface area contributed by atoms with Crippen LogP contribution in [0.4, 0.5) is 5.00 Å². The molecule has 0 aliphatic heterocycles. The van der Waals surface area contributed by atoms with Crippen LogP contribution in [0.25, 0.3) is 0 Å². The van der Waals surface area contributed by atoms with Gasteiger partial charge in [-0.1, -0.05) is 11.8 Å². The number of thioether (sulfide) groups is 1. The molecule has 2 aromatic rings. The molecule has 3 rings (SSSR count). The van der Waals surface area contributed by atoms with Crippen molar-refractivity contribution in [3.05, 3.63) is 38.4 Å². The van der Waals surface area contributed by atoms with E-state index in [9.17, 15) is 14.9 Å². The van der Waals surface area contributed by atoms with E-state index < -0.39 is 5.91 Å². The molecule has 2 aromatic heterocycles. The molecule has 2 amide bonds. The molecule has 0 atom stereocenters. The maximum atomic E-state index is 12.5. The average molecular weight is 415 g/mol. The molecule has 0 saturated carbocycles. The number of nitriles is 1.